The van der Waals surface area contributed by atoms with Gasteiger partial charge in [0.2, 0.25) is 5.79 Å². The molecule has 0 rings (SSSR count). The van der Waals surface area contributed by atoms with Gasteiger partial charge < -0.3 is 9.47 Å². The van der Waals surface area contributed by atoms with Crippen molar-refractivity contribution in [1.29, 1.82) is 0 Å². The van der Waals surface area contributed by atoms with Crippen molar-refractivity contribution in [3.63, 3.8) is 0 Å². The molecule has 0 aromatic carbocycles. The van der Waals surface area contributed by atoms with E-state index in [9.17, 15) is 4.79 Å². The molecule has 0 bridgehead atoms. The molecule has 0 amide bonds. The summed E-state index contributed by atoms with van der Waals surface area (Å²) in [5, 5.41) is 0. The van der Waals surface area contributed by atoms with E-state index in [1.54, 1.807) is 6.92 Å². The standard InChI is InChI=1S/C8H16O3/c1-5-7(9)8(6-2,10-3)11-4/h5-6H2,1-4H3. The zero-order valence-electron chi connectivity index (χ0n) is 7.64. The summed E-state index contributed by atoms with van der Waals surface area (Å²) >= 11 is 0. The van der Waals surface area contributed by atoms with Crippen LogP contribution in [0.3, 0.4) is 0 Å². The summed E-state index contributed by atoms with van der Waals surface area (Å²) in [6, 6.07) is 0. The summed E-state index contributed by atoms with van der Waals surface area (Å²) in [4.78, 5) is 11.3. The first-order valence-corrected chi connectivity index (χ1v) is 3.80. The highest BCUT2D eigenvalue weighted by Crippen LogP contribution is 2.18. The number of ether oxygens (including phenoxy) is 2. The molecule has 0 radical (unpaired) electrons. The first-order valence-electron chi connectivity index (χ1n) is 3.80. The molecule has 0 aliphatic carbocycles. The van der Waals surface area contributed by atoms with E-state index < -0.39 is 5.79 Å². The fraction of sp³-hybridized carbons (Fsp3) is 0.875. The van der Waals surface area contributed by atoms with Gasteiger partial charge in [-0.2, -0.15) is 0 Å². The third-order valence-electron chi connectivity index (χ3n) is 1.87. The van der Waals surface area contributed by atoms with Crippen LogP contribution in [-0.2, 0) is 14.3 Å². The second kappa shape index (κ2) is 4.46. The van der Waals surface area contributed by atoms with Crippen LogP contribution in [0.5, 0.6) is 0 Å². The van der Waals surface area contributed by atoms with Crippen LogP contribution in [0.15, 0.2) is 0 Å². The Bertz CT molecular complexity index is 119. The maximum atomic E-state index is 11.3. The molecule has 0 N–H and O–H groups in total. The molecule has 0 spiro atoms. The molecule has 0 aliphatic heterocycles. The zero-order chi connectivity index (χ0) is 8.91. The summed E-state index contributed by atoms with van der Waals surface area (Å²) in [6.45, 7) is 3.66. The second-order valence-corrected chi connectivity index (χ2v) is 2.29. The molecule has 11 heavy (non-hydrogen) atoms. The van der Waals surface area contributed by atoms with Crippen LogP contribution in [0.25, 0.3) is 0 Å². The van der Waals surface area contributed by atoms with E-state index in [0.29, 0.717) is 12.8 Å². The highest BCUT2D eigenvalue weighted by Gasteiger charge is 2.34. The molecule has 0 atom stereocenters. The molecule has 0 unspecified atom stereocenters. The zero-order valence-corrected chi connectivity index (χ0v) is 7.64. The lowest BCUT2D eigenvalue weighted by molar-refractivity contribution is -0.208. The van der Waals surface area contributed by atoms with Gasteiger partial charge in [0.25, 0.3) is 0 Å². The Morgan fingerprint density at radius 2 is 1.73 bits per heavy atom. The molecule has 3 heteroatoms. The Kier molecular flexibility index (Phi) is 4.30. The van der Waals surface area contributed by atoms with Gasteiger partial charge in [0.15, 0.2) is 5.78 Å². The van der Waals surface area contributed by atoms with E-state index in [1.807, 2.05) is 6.92 Å². The van der Waals surface area contributed by atoms with Crippen LogP contribution in [0.4, 0.5) is 0 Å². The minimum Gasteiger partial charge on any atom is -0.347 e. The number of rotatable bonds is 5. The largest absolute Gasteiger partial charge is 0.347 e. The Labute approximate surface area is 67.7 Å². The number of carbonyl (C=O) groups excluding carboxylic acids is 1. The Hall–Kier alpha value is -0.410. The lowest BCUT2D eigenvalue weighted by Crippen LogP contribution is -2.41. The van der Waals surface area contributed by atoms with Gasteiger partial charge in [-0.25, -0.2) is 0 Å². The van der Waals surface area contributed by atoms with Gasteiger partial charge in [-0.05, 0) is 0 Å². The molecule has 0 heterocycles. The maximum Gasteiger partial charge on any atom is 0.228 e. The van der Waals surface area contributed by atoms with Crippen molar-refractivity contribution in [3.8, 4) is 0 Å². The summed E-state index contributed by atoms with van der Waals surface area (Å²) in [6.07, 6.45) is 0.988. The quantitative estimate of drug-likeness (QED) is 0.570. The first kappa shape index (κ1) is 10.6. The number of carbonyl (C=O) groups is 1. The van der Waals surface area contributed by atoms with Gasteiger partial charge in [0, 0.05) is 27.1 Å². The predicted octanol–water partition coefficient (Wildman–Crippen LogP) is 1.36. The Morgan fingerprint density at radius 3 is 1.82 bits per heavy atom. The van der Waals surface area contributed by atoms with Gasteiger partial charge in [-0.1, -0.05) is 13.8 Å². The molecule has 0 saturated heterocycles. The first-order chi connectivity index (χ1) is 5.16. The van der Waals surface area contributed by atoms with Crippen LogP contribution in [-0.4, -0.2) is 25.8 Å². The van der Waals surface area contributed by atoms with Crippen molar-refractivity contribution in [2.75, 3.05) is 14.2 Å². The number of Topliss-reactive ketones (excluding diaryl/α,β-unsaturated/α-hetero) is 1. The second-order valence-electron chi connectivity index (χ2n) is 2.29. The molecule has 66 valence electrons. The van der Waals surface area contributed by atoms with E-state index in [0.717, 1.165) is 0 Å². The molecule has 0 aliphatic rings. The predicted molar refractivity (Wildman–Crippen MR) is 42.3 cm³/mol. The lowest BCUT2D eigenvalue weighted by atomic mass is 10.1. The van der Waals surface area contributed by atoms with Crippen LogP contribution in [0.2, 0.25) is 0 Å². The van der Waals surface area contributed by atoms with Gasteiger partial charge in [-0.3, -0.25) is 4.79 Å². The molecule has 0 fully saturated rings. The lowest BCUT2D eigenvalue weighted by Gasteiger charge is -2.27. The molecule has 0 aromatic rings. The summed E-state index contributed by atoms with van der Waals surface area (Å²) in [5.41, 5.74) is 0. The van der Waals surface area contributed by atoms with Crippen LogP contribution in [0.1, 0.15) is 26.7 Å². The average Bonchev–Trinajstić information content (AvgIpc) is 2.08. The molecule has 0 saturated carbocycles. The molecule has 3 nitrogen and oxygen atoms in total. The van der Waals surface area contributed by atoms with Crippen molar-refractivity contribution in [2.24, 2.45) is 0 Å². The fourth-order valence-electron chi connectivity index (χ4n) is 1.07. The minimum absolute atomic E-state index is 0.00926. The smallest absolute Gasteiger partial charge is 0.228 e. The van der Waals surface area contributed by atoms with Crippen molar-refractivity contribution in [2.45, 2.75) is 32.5 Å². The highest BCUT2D eigenvalue weighted by atomic mass is 16.7. The van der Waals surface area contributed by atoms with E-state index >= 15 is 0 Å². The van der Waals surface area contributed by atoms with Crippen molar-refractivity contribution >= 4 is 5.78 Å². The summed E-state index contributed by atoms with van der Waals surface area (Å²) in [7, 11) is 2.97. The number of hydrogen-bond acceptors (Lipinski definition) is 3. The summed E-state index contributed by atoms with van der Waals surface area (Å²) < 4.78 is 10.0. The van der Waals surface area contributed by atoms with Gasteiger partial charge >= 0.3 is 0 Å². The Morgan fingerprint density at radius 1 is 1.27 bits per heavy atom. The molecular weight excluding hydrogens is 144 g/mol. The number of hydrogen-bond donors (Lipinski definition) is 0. The average molecular weight is 160 g/mol. The highest BCUT2D eigenvalue weighted by molar-refractivity contribution is 5.85. The van der Waals surface area contributed by atoms with Crippen LogP contribution in [0, 0.1) is 0 Å². The minimum atomic E-state index is -1.01. The van der Waals surface area contributed by atoms with Crippen molar-refractivity contribution in [1.82, 2.24) is 0 Å². The molecular formula is C8H16O3. The van der Waals surface area contributed by atoms with Crippen molar-refractivity contribution in [3.05, 3.63) is 0 Å². The van der Waals surface area contributed by atoms with Gasteiger partial charge in [0.1, 0.15) is 0 Å². The number of ketones is 1. The molecule has 0 aromatic heterocycles. The van der Waals surface area contributed by atoms with E-state index in [4.69, 9.17) is 9.47 Å². The Balaban J connectivity index is 4.39. The topological polar surface area (TPSA) is 35.5 Å². The number of methoxy groups -OCH3 is 2. The van der Waals surface area contributed by atoms with E-state index in [1.165, 1.54) is 14.2 Å². The SMILES string of the molecule is CCC(=O)C(CC)(OC)OC. The monoisotopic (exact) mass is 160 g/mol. The maximum absolute atomic E-state index is 11.3. The van der Waals surface area contributed by atoms with Crippen LogP contribution >= 0.6 is 0 Å². The third-order valence-corrected chi connectivity index (χ3v) is 1.87. The van der Waals surface area contributed by atoms with E-state index in [-0.39, 0.29) is 5.78 Å². The normalized spacial score (nSPS) is 11.6. The summed E-state index contributed by atoms with van der Waals surface area (Å²) in [5.74, 6) is -1.01. The fourth-order valence-corrected chi connectivity index (χ4v) is 1.07. The van der Waals surface area contributed by atoms with Crippen LogP contribution < -0.4 is 0 Å². The van der Waals surface area contributed by atoms with E-state index in [2.05, 4.69) is 0 Å². The van der Waals surface area contributed by atoms with Gasteiger partial charge in [-0.15, -0.1) is 0 Å². The third kappa shape index (κ3) is 2.01. The van der Waals surface area contributed by atoms with Gasteiger partial charge in [0.05, 0.1) is 0 Å². The van der Waals surface area contributed by atoms with Crippen molar-refractivity contribution < 1.29 is 14.3 Å².